The summed E-state index contributed by atoms with van der Waals surface area (Å²) < 4.78 is 17.1. The van der Waals surface area contributed by atoms with E-state index >= 15 is 0 Å². The normalized spacial score (nSPS) is 17.1. The topological polar surface area (TPSA) is 276 Å². The van der Waals surface area contributed by atoms with Crippen LogP contribution < -0.4 is 5.32 Å². The lowest BCUT2D eigenvalue weighted by Gasteiger charge is -2.23. The van der Waals surface area contributed by atoms with Gasteiger partial charge in [0, 0.05) is 89.2 Å². The molecule has 4 aromatic carbocycles. The van der Waals surface area contributed by atoms with Crippen molar-refractivity contribution in [3.05, 3.63) is 209 Å². The van der Waals surface area contributed by atoms with Gasteiger partial charge in [0.15, 0.2) is 23.3 Å². The minimum absolute atomic E-state index is 0.0405. The van der Waals surface area contributed by atoms with Crippen molar-refractivity contribution in [2.75, 3.05) is 34.4 Å². The van der Waals surface area contributed by atoms with E-state index in [4.69, 9.17) is 55.9 Å². The second-order valence-electron chi connectivity index (χ2n) is 20.0. The minimum Gasteiger partial charge on any atom is -0.463 e. The van der Waals surface area contributed by atoms with Crippen LogP contribution in [0.5, 0.6) is 0 Å². The van der Waals surface area contributed by atoms with Crippen LogP contribution in [0.15, 0.2) is 144 Å². The summed E-state index contributed by atoms with van der Waals surface area (Å²) in [7, 11) is 5.06. The Balaban J connectivity index is 0.000000136. The van der Waals surface area contributed by atoms with Crippen molar-refractivity contribution < 1.29 is 28.7 Å². The number of benzene rings is 4. The molecular formula is C57H56Cl4N18O6. The molecule has 4 aromatic heterocycles. The summed E-state index contributed by atoms with van der Waals surface area (Å²) in [5, 5.41) is 51.8. The average Bonchev–Trinajstić information content (AvgIpc) is 4.43. The number of allylic oxidation sites excluding steroid dienone is 4. The minimum atomic E-state index is -0.344. The first-order chi connectivity index (χ1) is 41.0. The van der Waals surface area contributed by atoms with Crippen molar-refractivity contribution in [1.82, 2.24) is 91.0 Å². The Morgan fingerprint density at radius 3 is 1.13 bits per heavy atom. The van der Waals surface area contributed by atoms with E-state index in [-0.39, 0.29) is 53.8 Å². The fourth-order valence-corrected chi connectivity index (χ4v) is 10.5. The number of halogens is 4. The van der Waals surface area contributed by atoms with E-state index in [1.54, 1.807) is 63.8 Å². The summed E-state index contributed by atoms with van der Waals surface area (Å²) in [4.78, 5) is 49.9. The standard InChI is InChI=1S/C16H17ClN4O2.C14H14ClN5O.C14H13ClN4O2.C13H12ClN5O/c1-10(2)9-23-16(22)11-7-14(12-5-3-4-6-13(12)17)21-15(8-11)18-19-20-21;1-19(2)14(21)9-7-12(10-5-3-4-6-11(10)15)20-13(8-9)16-17-18-20;1-2-21-14(20)9-7-12(10-5-3-4-6-11(10)15)19-13(8-9)16-17-18-19;1-15-13(20)8-6-11(9-4-2-3-5-10(9)14)19-12(7-8)16-17-18-19/h3-7,10,14H,8-9H2,1-2H3;3-7,12H,8H2,1-2H3;3-7,12H,2,8H2,1H3;2-6,11H,7H2,1H3,(H,15,20). The van der Waals surface area contributed by atoms with E-state index in [0.717, 1.165) is 22.3 Å². The zero-order valence-electron chi connectivity index (χ0n) is 46.7. The van der Waals surface area contributed by atoms with E-state index in [9.17, 15) is 19.2 Å². The Morgan fingerprint density at radius 1 is 0.506 bits per heavy atom. The molecule has 0 saturated carbocycles. The Labute approximate surface area is 507 Å². The number of carbonyl (C=O) groups excluding carboxylic acids is 4. The van der Waals surface area contributed by atoms with Crippen LogP contribution in [0.2, 0.25) is 20.1 Å². The number of fused-ring (bicyclic) bond motifs is 4. The molecule has 0 radical (unpaired) electrons. The lowest BCUT2D eigenvalue weighted by Crippen LogP contribution is -2.29. The van der Waals surface area contributed by atoms with Crippen LogP contribution >= 0.6 is 46.4 Å². The highest BCUT2D eigenvalue weighted by molar-refractivity contribution is 6.32. The molecule has 0 saturated heterocycles. The predicted molar refractivity (Wildman–Crippen MR) is 312 cm³/mol. The summed E-state index contributed by atoms with van der Waals surface area (Å²) in [6.45, 7) is 6.48. The lowest BCUT2D eigenvalue weighted by molar-refractivity contribution is -0.140. The van der Waals surface area contributed by atoms with Gasteiger partial charge in [0.1, 0.15) is 24.2 Å². The fourth-order valence-electron chi connectivity index (χ4n) is 9.48. The SMILES string of the molecule is CC(C)COC(=O)C1=CC(c2ccccc2Cl)n2nnnc2C1.CCOC(=O)C1=CC(c2ccccc2Cl)n2nnnc2C1.CN(C)C(=O)C1=CC(c2ccccc2Cl)n2nnnc2C1.CNC(=O)C1=CC(c2ccccc2Cl)n2nnnc2C1. The van der Waals surface area contributed by atoms with E-state index in [1.807, 2.05) is 123 Å². The summed E-state index contributed by atoms with van der Waals surface area (Å²) in [6, 6.07) is 28.7. The van der Waals surface area contributed by atoms with E-state index < -0.39 is 0 Å². The van der Waals surface area contributed by atoms with Gasteiger partial charge in [-0.25, -0.2) is 28.3 Å². The van der Waals surface area contributed by atoms with Crippen LogP contribution in [-0.2, 0) is 54.3 Å². The molecule has 24 nitrogen and oxygen atoms in total. The van der Waals surface area contributed by atoms with Gasteiger partial charge in [0.05, 0.1) is 13.2 Å². The van der Waals surface area contributed by atoms with Gasteiger partial charge in [-0.15, -0.1) is 20.4 Å². The average molecular weight is 1230 g/mol. The molecule has 4 atom stereocenters. The molecule has 28 heteroatoms. The van der Waals surface area contributed by atoms with Crippen LogP contribution in [0, 0.1) is 5.92 Å². The molecule has 85 heavy (non-hydrogen) atoms. The third kappa shape index (κ3) is 14.1. The predicted octanol–water partition coefficient (Wildman–Crippen LogP) is 7.19. The molecule has 4 unspecified atom stereocenters. The number of nitrogens with one attached hydrogen (secondary N) is 1. The number of nitrogens with zero attached hydrogens (tertiary/aromatic N) is 17. The molecule has 8 heterocycles. The quantitative estimate of drug-likeness (QED) is 0.125. The van der Waals surface area contributed by atoms with Gasteiger partial charge in [-0.1, -0.05) is 133 Å². The first-order valence-electron chi connectivity index (χ1n) is 26.7. The number of tetrazole rings is 4. The van der Waals surface area contributed by atoms with E-state index in [1.165, 1.54) is 0 Å². The highest BCUT2D eigenvalue weighted by Crippen LogP contribution is 2.36. The first kappa shape index (κ1) is 60.7. The second-order valence-corrected chi connectivity index (χ2v) is 21.6. The van der Waals surface area contributed by atoms with Gasteiger partial charge in [-0.2, -0.15) is 0 Å². The molecule has 0 spiro atoms. The number of likely N-dealkylation sites (N-methyl/N-ethyl adjacent to an activating group) is 2. The molecule has 4 aliphatic heterocycles. The Hall–Kier alpha value is -8.84. The van der Waals surface area contributed by atoms with Crippen LogP contribution in [0.3, 0.4) is 0 Å². The molecule has 2 amide bonds. The second kappa shape index (κ2) is 27.7. The summed E-state index contributed by atoms with van der Waals surface area (Å²) in [6.07, 6.45) is 8.91. The number of rotatable bonds is 11. The van der Waals surface area contributed by atoms with Gasteiger partial charge < -0.3 is 19.7 Å². The van der Waals surface area contributed by atoms with Crippen molar-refractivity contribution in [1.29, 1.82) is 0 Å². The van der Waals surface area contributed by atoms with Crippen LogP contribution in [-0.4, -0.2) is 144 Å². The monoisotopic (exact) mass is 1230 g/mol. The largest absolute Gasteiger partial charge is 0.463 e. The van der Waals surface area contributed by atoms with E-state index in [2.05, 4.69) is 67.4 Å². The molecular weight excluding hydrogens is 1170 g/mol. The summed E-state index contributed by atoms with van der Waals surface area (Å²) in [5.41, 5.74) is 5.83. The summed E-state index contributed by atoms with van der Waals surface area (Å²) >= 11 is 25.1. The highest BCUT2D eigenvalue weighted by Gasteiger charge is 2.32. The molecule has 0 bridgehead atoms. The first-order valence-corrected chi connectivity index (χ1v) is 28.2. The molecule has 0 fully saturated rings. The summed E-state index contributed by atoms with van der Waals surface area (Å²) in [5.74, 6) is 1.99. The third-order valence-corrected chi connectivity index (χ3v) is 14.9. The van der Waals surface area contributed by atoms with E-state index in [0.29, 0.717) is 105 Å². The number of hydrogen-bond donors (Lipinski definition) is 1. The molecule has 438 valence electrons. The van der Waals surface area contributed by atoms with Crippen molar-refractivity contribution in [3.63, 3.8) is 0 Å². The maximum atomic E-state index is 12.3. The molecule has 0 aliphatic carbocycles. The fraction of sp³-hybridized carbons (Fsp3) is 0.298. The smallest absolute Gasteiger partial charge is 0.334 e. The van der Waals surface area contributed by atoms with Crippen LogP contribution in [0.25, 0.3) is 0 Å². The molecule has 1 N–H and O–H groups in total. The number of esters is 2. The highest BCUT2D eigenvalue weighted by atomic mass is 35.5. The molecule has 12 rings (SSSR count). The number of hydrogen-bond acceptors (Lipinski definition) is 18. The van der Waals surface area contributed by atoms with Crippen LogP contribution in [0.1, 0.15) is 90.5 Å². The van der Waals surface area contributed by atoms with Gasteiger partial charge in [-0.05, 0) is 125 Å². The molecule has 8 aromatic rings. The zero-order chi connectivity index (χ0) is 60.3. The van der Waals surface area contributed by atoms with Crippen molar-refractivity contribution in [2.45, 2.75) is 70.6 Å². The number of carbonyl (C=O) groups is 4. The maximum Gasteiger partial charge on any atom is 0.334 e. The number of ether oxygens (including phenoxy) is 2. The van der Waals surface area contributed by atoms with Crippen LogP contribution in [0.4, 0.5) is 0 Å². The van der Waals surface area contributed by atoms with Gasteiger partial charge in [0.25, 0.3) is 0 Å². The van der Waals surface area contributed by atoms with Gasteiger partial charge in [0.2, 0.25) is 11.8 Å². The Kier molecular flexibility index (Phi) is 19.8. The maximum absolute atomic E-state index is 12.3. The lowest BCUT2D eigenvalue weighted by atomic mass is 9.98. The molecule has 4 aliphatic rings. The van der Waals surface area contributed by atoms with Crippen molar-refractivity contribution >= 4 is 70.2 Å². The van der Waals surface area contributed by atoms with Gasteiger partial charge >= 0.3 is 11.9 Å². The zero-order valence-corrected chi connectivity index (χ0v) is 49.8. The Bertz CT molecular complexity index is 3870. The van der Waals surface area contributed by atoms with Gasteiger partial charge in [-0.3, -0.25) is 9.59 Å². The third-order valence-electron chi connectivity index (χ3n) is 13.6. The Morgan fingerprint density at radius 2 is 0.812 bits per heavy atom. The number of aromatic nitrogens is 16. The van der Waals surface area contributed by atoms with Crippen molar-refractivity contribution in [3.8, 4) is 0 Å². The number of amides is 2. The van der Waals surface area contributed by atoms with Crippen molar-refractivity contribution in [2.24, 2.45) is 5.92 Å².